The Morgan fingerprint density at radius 1 is 0.927 bits per heavy atom. The van der Waals surface area contributed by atoms with Gasteiger partial charge in [-0.1, -0.05) is 6.92 Å². The average Bonchev–Trinajstić information content (AvgIpc) is 2.96. The molecule has 3 atom stereocenters. The van der Waals surface area contributed by atoms with Crippen LogP contribution in [-0.2, 0) is 4.74 Å². The van der Waals surface area contributed by atoms with Crippen LogP contribution in [-0.4, -0.2) is 73.5 Å². The van der Waals surface area contributed by atoms with E-state index in [1.54, 1.807) is 37.3 Å². The van der Waals surface area contributed by atoms with Crippen molar-refractivity contribution < 1.29 is 32.6 Å². The van der Waals surface area contributed by atoms with Gasteiger partial charge in [-0.05, 0) is 67.6 Å². The predicted octanol–water partition coefficient (Wildman–Crippen LogP) is 4.86. The molecule has 3 amide bonds. The SMILES string of the molecule is CO[C@@H]1CN(C)C(=O)c2ccc(NC(=O)c3ccc(F)cc3)cc2OC[C@@H](C)N(C(=O)c2ccc(F)cc2)C[C@H]1C. The lowest BCUT2D eigenvalue weighted by Crippen LogP contribution is -2.48. The molecule has 216 valence electrons. The van der Waals surface area contributed by atoms with E-state index >= 15 is 0 Å². The summed E-state index contributed by atoms with van der Waals surface area (Å²) in [4.78, 5) is 42.9. The van der Waals surface area contributed by atoms with Gasteiger partial charge in [0.1, 0.15) is 24.0 Å². The molecule has 0 fully saturated rings. The molecule has 0 aromatic heterocycles. The molecule has 0 spiro atoms. The molecule has 3 aromatic rings. The third-order valence-corrected chi connectivity index (χ3v) is 7.16. The molecule has 8 nitrogen and oxygen atoms in total. The number of carbonyl (C=O) groups is 3. The minimum Gasteiger partial charge on any atom is -0.491 e. The molecule has 4 rings (SSSR count). The van der Waals surface area contributed by atoms with E-state index in [4.69, 9.17) is 9.47 Å². The predicted molar refractivity (Wildman–Crippen MR) is 150 cm³/mol. The molecule has 41 heavy (non-hydrogen) atoms. The van der Waals surface area contributed by atoms with Crippen molar-refractivity contribution in [2.75, 3.05) is 39.2 Å². The first-order valence-corrected chi connectivity index (χ1v) is 13.3. The number of ether oxygens (including phenoxy) is 2. The van der Waals surface area contributed by atoms with Crippen LogP contribution in [0.15, 0.2) is 66.7 Å². The zero-order valence-electron chi connectivity index (χ0n) is 23.4. The number of fused-ring (bicyclic) bond motifs is 1. The molecule has 0 unspecified atom stereocenters. The lowest BCUT2D eigenvalue weighted by atomic mass is 10.0. The highest BCUT2D eigenvalue weighted by Gasteiger charge is 2.31. The van der Waals surface area contributed by atoms with Gasteiger partial charge in [0, 0.05) is 56.0 Å². The Hall–Kier alpha value is -4.31. The topological polar surface area (TPSA) is 88.2 Å². The summed E-state index contributed by atoms with van der Waals surface area (Å²) in [6.07, 6.45) is -0.377. The van der Waals surface area contributed by atoms with Crippen molar-refractivity contribution in [2.24, 2.45) is 5.92 Å². The molecule has 0 aliphatic carbocycles. The molecule has 3 aromatic carbocycles. The van der Waals surface area contributed by atoms with Gasteiger partial charge < -0.3 is 24.6 Å². The number of methoxy groups -OCH3 is 1. The van der Waals surface area contributed by atoms with Crippen molar-refractivity contribution in [3.8, 4) is 5.75 Å². The van der Waals surface area contributed by atoms with Gasteiger partial charge in [-0.2, -0.15) is 0 Å². The van der Waals surface area contributed by atoms with Crippen LogP contribution in [0.4, 0.5) is 14.5 Å². The van der Waals surface area contributed by atoms with Crippen LogP contribution in [0.1, 0.15) is 44.9 Å². The maximum absolute atomic E-state index is 13.5. The molecular weight excluding hydrogens is 532 g/mol. The average molecular weight is 566 g/mol. The number of nitrogens with one attached hydrogen (secondary N) is 1. The Morgan fingerprint density at radius 3 is 2.15 bits per heavy atom. The van der Waals surface area contributed by atoms with Crippen molar-refractivity contribution in [1.29, 1.82) is 0 Å². The molecular formula is C31H33F2N3O5. The van der Waals surface area contributed by atoms with E-state index in [-0.39, 0.29) is 53.9 Å². The highest BCUT2D eigenvalue weighted by atomic mass is 19.1. The fraction of sp³-hybridized carbons (Fsp3) is 0.323. The number of rotatable bonds is 4. The molecule has 1 N–H and O–H groups in total. The van der Waals surface area contributed by atoms with Gasteiger partial charge in [-0.15, -0.1) is 0 Å². The Labute approximate surface area is 237 Å². The van der Waals surface area contributed by atoms with Gasteiger partial charge in [-0.25, -0.2) is 8.78 Å². The zero-order valence-corrected chi connectivity index (χ0v) is 23.4. The Morgan fingerprint density at radius 2 is 1.54 bits per heavy atom. The fourth-order valence-corrected chi connectivity index (χ4v) is 4.70. The Balaban J connectivity index is 1.66. The number of amides is 3. The highest BCUT2D eigenvalue weighted by Crippen LogP contribution is 2.27. The third kappa shape index (κ3) is 7.07. The number of nitrogens with zero attached hydrogens (tertiary/aromatic N) is 2. The van der Waals surface area contributed by atoms with Crippen LogP contribution in [0.2, 0.25) is 0 Å². The number of hydrogen-bond acceptors (Lipinski definition) is 5. The maximum Gasteiger partial charge on any atom is 0.257 e. The summed E-state index contributed by atoms with van der Waals surface area (Å²) in [5.74, 6) is -1.85. The second-order valence-corrected chi connectivity index (χ2v) is 10.2. The van der Waals surface area contributed by atoms with Crippen molar-refractivity contribution in [2.45, 2.75) is 26.0 Å². The number of benzene rings is 3. The van der Waals surface area contributed by atoms with Crippen molar-refractivity contribution in [3.63, 3.8) is 0 Å². The monoisotopic (exact) mass is 565 g/mol. The summed E-state index contributed by atoms with van der Waals surface area (Å²) in [5, 5.41) is 2.74. The third-order valence-electron chi connectivity index (χ3n) is 7.16. The smallest absolute Gasteiger partial charge is 0.257 e. The zero-order chi connectivity index (χ0) is 29.7. The molecule has 1 aliphatic heterocycles. The summed E-state index contributed by atoms with van der Waals surface area (Å²) in [7, 11) is 3.22. The maximum atomic E-state index is 13.5. The van der Waals surface area contributed by atoms with E-state index in [2.05, 4.69) is 5.32 Å². The summed E-state index contributed by atoms with van der Waals surface area (Å²) in [6, 6.07) is 14.8. The Bertz CT molecular complexity index is 1400. The van der Waals surface area contributed by atoms with Gasteiger partial charge in [0.25, 0.3) is 17.7 Å². The van der Waals surface area contributed by atoms with E-state index in [1.165, 1.54) is 53.4 Å². The van der Waals surface area contributed by atoms with Crippen LogP contribution in [0, 0.1) is 17.6 Å². The summed E-state index contributed by atoms with van der Waals surface area (Å²) < 4.78 is 38.7. The molecule has 1 aliphatic rings. The van der Waals surface area contributed by atoms with Gasteiger partial charge in [-0.3, -0.25) is 14.4 Å². The van der Waals surface area contributed by atoms with E-state index < -0.39 is 23.6 Å². The van der Waals surface area contributed by atoms with Crippen LogP contribution < -0.4 is 10.1 Å². The largest absolute Gasteiger partial charge is 0.491 e. The van der Waals surface area contributed by atoms with E-state index in [0.29, 0.717) is 17.8 Å². The van der Waals surface area contributed by atoms with Crippen molar-refractivity contribution in [1.82, 2.24) is 9.80 Å². The fourth-order valence-electron chi connectivity index (χ4n) is 4.70. The van der Waals surface area contributed by atoms with Gasteiger partial charge in [0.05, 0.1) is 17.7 Å². The highest BCUT2D eigenvalue weighted by molar-refractivity contribution is 6.05. The Kier molecular flexibility index (Phi) is 9.34. The first-order chi connectivity index (χ1) is 19.6. The van der Waals surface area contributed by atoms with Crippen molar-refractivity contribution in [3.05, 3.63) is 95.1 Å². The van der Waals surface area contributed by atoms with Crippen molar-refractivity contribution >= 4 is 23.4 Å². The molecule has 0 radical (unpaired) electrons. The van der Waals surface area contributed by atoms with Crippen LogP contribution in [0.3, 0.4) is 0 Å². The minimum atomic E-state index is -0.456. The lowest BCUT2D eigenvalue weighted by molar-refractivity contribution is 0.0111. The molecule has 0 bridgehead atoms. The number of hydrogen-bond donors (Lipinski definition) is 1. The van der Waals surface area contributed by atoms with Gasteiger partial charge in [0.2, 0.25) is 0 Å². The second-order valence-electron chi connectivity index (χ2n) is 10.2. The number of halogens is 2. The summed E-state index contributed by atoms with van der Waals surface area (Å²) in [6.45, 7) is 4.38. The van der Waals surface area contributed by atoms with E-state index in [1.807, 2.05) is 13.8 Å². The van der Waals surface area contributed by atoms with E-state index in [9.17, 15) is 23.2 Å². The normalized spacial score (nSPS) is 19.9. The van der Waals surface area contributed by atoms with Crippen LogP contribution in [0.25, 0.3) is 0 Å². The number of likely N-dealkylation sites (N-methyl/N-ethyl adjacent to an activating group) is 1. The minimum absolute atomic E-state index is 0.0384. The molecule has 0 saturated carbocycles. The first-order valence-electron chi connectivity index (χ1n) is 13.3. The molecule has 0 saturated heterocycles. The standard InChI is InChI=1S/C31H33F2N3O5/c1-19-16-36(30(38)22-7-11-24(33)12-8-22)20(2)18-41-27-15-25(34-29(37)21-5-9-23(32)10-6-21)13-14-26(27)31(39)35(3)17-28(19)40-4/h5-15,19-20,28H,16-18H2,1-4H3,(H,34,37)/t19-,20-,28-/m1/s1. The van der Waals surface area contributed by atoms with Gasteiger partial charge in [0.15, 0.2) is 0 Å². The van der Waals surface area contributed by atoms with Gasteiger partial charge >= 0.3 is 0 Å². The first kappa shape index (κ1) is 29.7. The second kappa shape index (κ2) is 12.9. The lowest BCUT2D eigenvalue weighted by Gasteiger charge is -2.36. The molecule has 1 heterocycles. The van der Waals surface area contributed by atoms with E-state index in [0.717, 1.165) is 0 Å². The van der Waals surface area contributed by atoms with Crippen LogP contribution in [0.5, 0.6) is 5.75 Å². The van der Waals surface area contributed by atoms with Crippen LogP contribution >= 0.6 is 0 Å². The number of anilines is 1. The number of carbonyl (C=O) groups excluding carboxylic acids is 3. The quantitative estimate of drug-likeness (QED) is 0.488. The molecule has 10 heteroatoms. The summed E-state index contributed by atoms with van der Waals surface area (Å²) >= 11 is 0. The summed E-state index contributed by atoms with van der Waals surface area (Å²) in [5.41, 5.74) is 1.25.